The van der Waals surface area contributed by atoms with Crippen molar-refractivity contribution in [3.8, 4) is 10.4 Å². The number of aromatic nitrogens is 2. The van der Waals surface area contributed by atoms with Crippen LogP contribution in [0.3, 0.4) is 0 Å². The van der Waals surface area contributed by atoms with Crippen LogP contribution in [0.25, 0.3) is 16.0 Å². The van der Waals surface area contributed by atoms with E-state index in [0.29, 0.717) is 31.7 Å². The third-order valence-electron chi connectivity index (χ3n) is 5.89. The predicted octanol–water partition coefficient (Wildman–Crippen LogP) is 4.31. The quantitative estimate of drug-likeness (QED) is 0.625. The summed E-state index contributed by atoms with van der Waals surface area (Å²) in [6.45, 7) is 4.49. The van der Waals surface area contributed by atoms with Crippen LogP contribution in [0, 0.1) is 6.92 Å². The van der Waals surface area contributed by atoms with Gasteiger partial charge in [0.1, 0.15) is 0 Å². The first-order chi connectivity index (χ1) is 14.6. The van der Waals surface area contributed by atoms with Crippen molar-refractivity contribution in [1.29, 1.82) is 0 Å². The first kappa shape index (κ1) is 21.8. The molecule has 0 aromatic carbocycles. The van der Waals surface area contributed by atoms with E-state index in [1.54, 1.807) is 24.7 Å². The largest absolute Gasteiger partial charge is 0.478 e. The van der Waals surface area contributed by atoms with Crippen LogP contribution >= 0.6 is 11.3 Å². The second-order valence-electron chi connectivity index (χ2n) is 7.87. The maximum atomic E-state index is 12.7. The summed E-state index contributed by atoms with van der Waals surface area (Å²) in [5, 5.41) is 9.73. The second kappa shape index (κ2) is 8.25. The Bertz CT molecular complexity index is 1090. The smallest absolute Gasteiger partial charge is 0.401 e. The van der Waals surface area contributed by atoms with Crippen molar-refractivity contribution in [2.45, 2.75) is 26.1 Å². The zero-order valence-corrected chi connectivity index (χ0v) is 18.0. The van der Waals surface area contributed by atoms with Crippen LogP contribution in [0.1, 0.15) is 34.6 Å². The fourth-order valence-electron chi connectivity index (χ4n) is 4.34. The Morgan fingerprint density at radius 1 is 1.26 bits per heavy atom. The molecule has 31 heavy (non-hydrogen) atoms. The Balaban J connectivity index is 1.68. The third kappa shape index (κ3) is 4.46. The van der Waals surface area contributed by atoms with E-state index in [-0.39, 0.29) is 11.6 Å². The van der Waals surface area contributed by atoms with Gasteiger partial charge < -0.3 is 9.51 Å². The highest BCUT2D eigenvalue weighted by atomic mass is 32.1. The van der Waals surface area contributed by atoms with Crippen molar-refractivity contribution in [2.75, 3.05) is 32.7 Å². The zero-order valence-electron chi connectivity index (χ0n) is 17.2. The van der Waals surface area contributed by atoms with Gasteiger partial charge in [0.05, 0.1) is 22.5 Å². The average molecular weight is 453 g/mol. The molecule has 3 aromatic rings. The Labute approximate surface area is 181 Å². The Hall–Kier alpha value is -2.43. The molecule has 0 aliphatic carbocycles. The first-order valence-corrected chi connectivity index (χ1v) is 10.8. The van der Waals surface area contributed by atoms with Gasteiger partial charge in [0.25, 0.3) is 0 Å². The highest BCUT2D eigenvalue weighted by Crippen LogP contribution is 2.33. The Morgan fingerprint density at radius 3 is 2.55 bits per heavy atom. The molecule has 0 bridgehead atoms. The van der Waals surface area contributed by atoms with E-state index in [1.807, 2.05) is 23.6 Å². The van der Waals surface area contributed by atoms with Crippen molar-refractivity contribution in [1.82, 2.24) is 19.2 Å². The zero-order chi connectivity index (χ0) is 22.3. The van der Waals surface area contributed by atoms with E-state index >= 15 is 0 Å². The van der Waals surface area contributed by atoms with Gasteiger partial charge in [-0.1, -0.05) is 0 Å². The van der Waals surface area contributed by atoms with Gasteiger partial charge in [0, 0.05) is 61.4 Å². The number of halogens is 3. The summed E-state index contributed by atoms with van der Waals surface area (Å²) in [5.41, 5.74) is 5.21. The van der Waals surface area contributed by atoms with Crippen molar-refractivity contribution >= 4 is 22.8 Å². The lowest BCUT2D eigenvalue weighted by molar-refractivity contribution is -0.149. The monoisotopic (exact) mass is 452 g/mol. The molecule has 3 aromatic heterocycles. The number of hydrogen-bond acceptors (Lipinski definition) is 5. The number of pyridine rings is 1. The van der Waals surface area contributed by atoms with Crippen LogP contribution in [0.15, 0.2) is 30.0 Å². The number of aromatic carboxylic acids is 1. The summed E-state index contributed by atoms with van der Waals surface area (Å²) in [5.74, 6) is -0.996. The summed E-state index contributed by atoms with van der Waals surface area (Å²) >= 11 is 1.50. The number of carbonyl (C=O) groups is 1. The topological polar surface area (TPSA) is 61.1 Å². The van der Waals surface area contributed by atoms with E-state index in [9.17, 15) is 23.1 Å². The van der Waals surface area contributed by atoms with Gasteiger partial charge in [0.2, 0.25) is 0 Å². The first-order valence-electron chi connectivity index (χ1n) is 9.95. The summed E-state index contributed by atoms with van der Waals surface area (Å²) in [6.07, 6.45) is -0.453. The molecule has 1 saturated heterocycles. The lowest BCUT2D eigenvalue weighted by atomic mass is 10.0. The summed E-state index contributed by atoms with van der Waals surface area (Å²) < 4.78 is 40.1. The molecule has 4 rings (SSSR count). The number of nitrogens with zero attached hydrogens (tertiary/aromatic N) is 4. The molecule has 1 aliphatic heterocycles. The molecule has 0 saturated carbocycles. The molecule has 0 amide bonds. The fraction of sp³-hybridized carbons (Fsp3) is 0.429. The standard InChI is InChI=1S/C21H23F3N4O2S/c1-13-17(20(29)30)8-16-7-15(18-9-25-12-31-18)10-28(16)19(13)14(2)27-5-3-26(4-6-27)11-21(22,23)24/h7-10,12,14H,3-6,11H2,1-2H3,(H,29,30). The summed E-state index contributed by atoms with van der Waals surface area (Å²) in [6, 6.07) is 3.45. The molecule has 1 aliphatic rings. The molecule has 1 fully saturated rings. The number of piperazine rings is 1. The molecule has 1 unspecified atom stereocenters. The van der Waals surface area contributed by atoms with Gasteiger partial charge in [-0.05, 0) is 31.5 Å². The second-order valence-corrected chi connectivity index (χ2v) is 8.75. The van der Waals surface area contributed by atoms with E-state index in [4.69, 9.17) is 0 Å². The predicted molar refractivity (Wildman–Crippen MR) is 113 cm³/mol. The molecule has 4 heterocycles. The van der Waals surface area contributed by atoms with E-state index in [0.717, 1.165) is 21.7 Å². The van der Waals surface area contributed by atoms with Crippen molar-refractivity contribution in [2.24, 2.45) is 0 Å². The van der Waals surface area contributed by atoms with E-state index < -0.39 is 18.7 Å². The van der Waals surface area contributed by atoms with Crippen molar-refractivity contribution < 1.29 is 23.1 Å². The van der Waals surface area contributed by atoms with E-state index in [1.165, 1.54) is 16.2 Å². The van der Waals surface area contributed by atoms with Gasteiger partial charge in [-0.15, -0.1) is 11.3 Å². The van der Waals surface area contributed by atoms with Crippen LogP contribution in [0.5, 0.6) is 0 Å². The number of fused-ring (bicyclic) bond motifs is 1. The van der Waals surface area contributed by atoms with E-state index in [2.05, 4.69) is 9.88 Å². The molecule has 0 spiro atoms. The van der Waals surface area contributed by atoms with Gasteiger partial charge in [-0.3, -0.25) is 14.8 Å². The summed E-state index contributed by atoms with van der Waals surface area (Å²) in [4.78, 5) is 20.5. The maximum Gasteiger partial charge on any atom is 0.401 e. The highest BCUT2D eigenvalue weighted by molar-refractivity contribution is 7.13. The molecule has 0 radical (unpaired) electrons. The highest BCUT2D eigenvalue weighted by Gasteiger charge is 2.33. The normalized spacial score (nSPS) is 17.3. The van der Waals surface area contributed by atoms with Crippen molar-refractivity contribution in [3.63, 3.8) is 0 Å². The van der Waals surface area contributed by atoms with Crippen LogP contribution in [0.2, 0.25) is 0 Å². The Kier molecular flexibility index (Phi) is 5.80. The van der Waals surface area contributed by atoms with Gasteiger partial charge in [0.15, 0.2) is 0 Å². The SMILES string of the molecule is Cc1c(C(=O)O)cc2cc(-c3cncs3)cn2c1C(C)N1CCN(CC(F)(F)F)CC1. The lowest BCUT2D eigenvalue weighted by Crippen LogP contribution is -2.49. The number of thiazole rings is 1. The molecular weight excluding hydrogens is 429 g/mol. The number of carboxylic acid groups (broad SMARTS) is 1. The van der Waals surface area contributed by atoms with Crippen LogP contribution in [-0.4, -0.2) is 69.2 Å². The molecule has 1 N–H and O–H groups in total. The molecular formula is C21H23F3N4O2S. The van der Waals surface area contributed by atoms with Crippen molar-refractivity contribution in [3.05, 3.63) is 46.9 Å². The lowest BCUT2D eigenvalue weighted by Gasteiger charge is -2.39. The number of rotatable bonds is 5. The van der Waals surface area contributed by atoms with Gasteiger partial charge in [-0.2, -0.15) is 13.2 Å². The number of alkyl halides is 3. The number of hydrogen-bond donors (Lipinski definition) is 1. The molecule has 10 heteroatoms. The van der Waals surface area contributed by atoms with Crippen LogP contribution in [-0.2, 0) is 0 Å². The minimum atomic E-state index is -4.20. The molecule has 6 nitrogen and oxygen atoms in total. The fourth-order valence-corrected chi connectivity index (χ4v) is 4.94. The van der Waals surface area contributed by atoms with Gasteiger partial charge >= 0.3 is 12.1 Å². The van der Waals surface area contributed by atoms with Gasteiger partial charge in [-0.25, -0.2) is 4.79 Å². The average Bonchev–Trinajstić information content (AvgIpc) is 3.35. The van der Waals surface area contributed by atoms with Crippen LogP contribution in [0.4, 0.5) is 13.2 Å². The number of carboxylic acids is 1. The summed E-state index contributed by atoms with van der Waals surface area (Å²) in [7, 11) is 0. The minimum absolute atomic E-state index is 0.156. The Morgan fingerprint density at radius 2 is 1.97 bits per heavy atom. The maximum absolute atomic E-state index is 12.7. The minimum Gasteiger partial charge on any atom is -0.478 e. The van der Waals surface area contributed by atoms with Crippen LogP contribution < -0.4 is 0 Å². The third-order valence-corrected chi connectivity index (χ3v) is 6.71. The molecule has 1 atom stereocenters. The molecule has 166 valence electrons.